The number of amides is 4. The Morgan fingerprint density at radius 2 is 0.857 bits per heavy atom. The zero-order valence-corrected chi connectivity index (χ0v) is 30.7. The van der Waals surface area contributed by atoms with Gasteiger partial charge in [0.15, 0.2) is 0 Å². The summed E-state index contributed by atoms with van der Waals surface area (Å²) >= 11 is 0. The van der Waals surface area contributed by atoms with E-state index in [0.717, 1.165) is 24.3 Å². The number of fused-ring (bicyclic) bond motifs is 2. The van der Waals surface area contributed by atoms with Gasteiger partial charge >= 0.3 is 11.8 Å². The van der Waals surface area contributed by atoms with E-state index < -0.39 is 53.7 Å². The number of carbonyl (C=O) groups is 4. The van der Waals surface area contributed by atoms with Crippen LogP contribution < -0.4 is 21.3 Å². The monoisotopic (exact) mass is 798 g/mol. The lowest BCUT2D eigenvalue weighted by atomic mass is 10.1. The third-order valence-electron chi connectivity index (χ3n) is 8.60. The van der Waals surface area contributed by atoms with Gasteiger partial charge in [0.2, 0.25) is 0 Å². The number of phenols is 2. The van der Waals surface area contributed by atoms with Crippen LogP contribution >= 0.6 is 0 Å². The molecule has 0 saturated heterocycles. The normalized spacial score (nSPS) is 11.6. The maximum absolute atomic E-state index is 13.0. The van der Waals surface area contributed by atoms with Crippen molar-refractivity contribution in [1.82, 2.24) is 0 Å². The SMILES string of the molecule is Cc1cc(C(=O)Nc2cc(O)c3cc(S(=O)(=O)O)ccc3c2)ccc1NC(=O)C(=O)Nc1ccc(C(=O)Nc2cc(O)c3cc(S(=O)(=O)O)ccc3c2)cc1C. The number of carbonyl (C=O) groups excluding carboxylic acids is 4. The molecular formula is C38H30N4O12S2. The molecule has 6 aromatic rings. The van der Waals surface area contributed by atoms with Gasteiger partial charge in [0.05, 0.1) is 9.79 Å². The Bertz CT molecular complexity index is 2700. The largest absolute Gasteiger partial charge is 0.507 e. The van der Waals surface area contributed by atoms with Gasteiger partial charge in [0.1, 0.15) is 11.5 Å². The molecule has 0 fully saturated rings. The Morgan fingerprint density at radius 3 is 1.20 bits per heavy atom. The standard InChI is InChI=1S/C38H30N4O12S2/c1-19-11-23(35(45)39-25-13-21-3-7-27(55(49,50)51)17-29(21)33(43)15-25)5-9-31(19)41-37(47)38(48)42-32-10-6-24(12-20(32)2)36(46)40-26-14-22-4-8-28(56(52,53)54)18-30(22)34(44)16-26/h3-18,43-44H,1-2H3,(H,39,45)(H,40,46)(H,41,47)(H,42,48)(H,49,50,51)(H,52,53,54). The van der Waals surface area contributed by atoms with E-state index in [2.05, 4.69) is 21.3 Å². The van der Waals surface area contributed by atoms with Crippen LogP contribution in [0.2, 0.25) is 0 Å². The summed E-state index contributed by atoms with van der Waals surface area (Å²) in [6, 6.07) is 21.2. The first-order valence-electron chi connectivity index (χ1n) is 16.2. The Labute approximate surface area is 318 Å². The second kappa shape index (κ2) is 14.8. The van der Waals surface area contributed by atoms with Crippen molar-refractivity contribution in [3.8, 4) is 11.5 Å². The lowest BCUT2D eigenvalue weighted by Crippen LogP contribution is -2.29. The summed E-state index contributed by atoms with van der Waals surface area (Å²) in [5.41, 5.74) is 2.10. The van der Waals surface area contributed by atoms with Gasteiger partial charge < -0.3 is 31.5 Å². The van der Waals surface area contributed by atoms with E-state index in [1.807, 2.05) is 0 Å². The molecule has 0 aliphatic rings. The van der Waals surface area contributed by atoms with Crippen LogP contribution in [-0.4, -0.2) is 59.8 Å². The average molecular weight is 799 g/mol. The maximum Gasteiger partial charge on any atom is 0.314 e. The van der Waals surface area contributed by atoms with Gasteiger partial charge in [-0.2, -0.15) is 16.8 Å². The zero-order chi connectivity index (χ0) is 40.7. The molecule has 0 aromatic heterocycles. The van der Waals surface area contributed by atoms with Crippen molar-refractivity contribution in [2.45, 2.75) is 23.6 Å². The van der Waals surface area contributed by atoms with Crippen LogP contribution in [0.4, 0.5) is 22.7 Å². The first-order chi connectivity index (χ1) is 26.3. The molecule has 4 amide bonds. The highest BCUT2D eigenvalue weighted by molar-refractivity contribution is 7.86. The average Bonchev–Trinajstić information content (AvgIpc) is 3.12. The minimum Gasteiger partial charge on any atom is -0.507 e. The topological polar surface area (TPSA) is 266 Å². The number of benzene rings is 6. The third kappa shape index (κ3) is 8.43. The van der Waals surface area contributed by atoms with E-state index in [9.17, 15) is 55.3 Å². The first kappa shape index (κ1) is 38.9. The first-order valence-corrected chi connectivity index (χ1v) is 19.1. The third-order valence-corrected chi connectivity index (χ3v) is 10.3. The second-order valence-corrected chi connectivity index (χ2v) is 15.4. The number of rotatable bonds is 8. The quantitative estimate of drug-likeness (QED) is 0.0691. The molecule has 0 atom stereocenters. The fraction of sp³-hybridized carbons (Fsp3) is 0.0526. The smallest absolute Gasteiger partial charge is 0.314 e. The molecular weight excluding hydrogens is 769 g/mol. The number of aryl methyl sites for hydroxylation is 2. The highest BCUT2D eigenvalue weighted by Crippen LogP contribution is 2.33. The zero-order valence-electron chi connectivity index (χ0n) is 29.1. The number of anilines is 4. The van der Waals surface area contributed by atoms with Gasteiger partial charge in [-0.25, -0.2) is 0 Å². The summed E-state index contributed by atoms with van der Waals surface area (Å²) < 4.78 is 64.4. The highest BCUT2D eigenvalue weighted by Gasteiger charge is 2.19. The van der Waals surface area contributed by atoms with Crippen molar-refractivity contribution in [3.05, 3.63) is 119 Å². The van der Waals surface area contributed by atoms with Gasteiger partial charge in [-0.1, -0.05) is 12.1 Å². The van der Waals surface area contributed by atoms with Crippen LogP contribution in [0.5, 0.6) is 11.5 Å². The molecule has 18 heteroatoms. The molecule has 0 saturated carbocycles. The molecule has 0 aliphatic heterocycles. The highest BCUT2D eigenvalue weighted by atomic mass is 32.2. The van der Waals surface area contributed by atoms with E-state index in [-0.39, 0.29) is 56.1 Å². The summed E-state index contributed by atoms with van der Waals surface area (Å²) in [4.78, 5) is 50.9. The number of hydrogen-bond donors (Lipinski definition) is 8. The van der Waals surface area contributed by atoms with Gasteiger partial charge in [0.25, 0.3) is 32.1 Å². The van der Waals surface area contributed by atoms with E-state index in [4.69, 9.17) is 0 Å². The summed E-state index contributed by atoms with van der Waals surface area (Å²) in [7, 11) is -8.99. The molecule has 0 aliphatic carbocycles. The molecule has 56 heavy (non-hydrogen) atoms. The molecule has 0 unspecified atom stereocenters. The molecule has 0 radical (unpaired) electrons. The summed E-state index contributed by atoms with van der Waals surface area (Å²) in [6.07, 6.45) is 0. The lowest BCUT2D eigenvalue weighted by molar-refractivity contribution is -0.133. The number of hydrogen-bond acceptors (Lipinski definition) is 10. The van der Waals surface area contributed by atoms with Crippen molar-refractivity contribution >= 4 is 88.2 Å². The van der Waals surface area contributed by atoms with Crippen molar-refractivity contribution in [1.29, 1.82) is 0 Å². The van der Waals surface area contributed by atoms with E-state index in [1.54, 1.807) is 13.8 Å². The van der Waals surface area contributed by atoms with Crippen molar-refractivity contribution in [3.63, 3.8) is 0 Å². The van der Waals surface area contributed by atoms with Gasteiger partial charge in [-0.05, 0) is 109 Å². The van der Waals surface area contributed by atoms with Gasteiger partial charge in [0, 0.05) is 56.8 Å². The van der Waals surface area contributed by atoms with Crippen LogP contribution in [0.15, 0.2) is 107 Å². The minimum absolute atomic E-state index is 0.138. The Balaban J connectivity index is 1.07. The van der Waals surface area contributed by atoms with Crippen LogP contribution in [0.3, 0.4) is 0 Å². The second-order valence-electron chi connectivity index (χ2n) is 12.6. The van der Waals surface area contributed by atoms with Gasteiger partial charge in [-0.3, -0.25) is 28.3 Å². The van der Waals surface area contributed by atoms with E-state index in [0.29, 0.717) is 21.9 Å². The molecule has 286 valence electrons. The summed E-state index contributed by atoms with van der Waals surface area (Å²) in [5, 5.41) is 32.2. The molecule has 0 heterocycles. The van der Waals surface area contributed by atoms with Crippen molar-refractivity contribution in [2.24, 2.45) is 0 Å². The van der Waals surface area contributed by atoms with Crippen LogP contribution in [0.25, 0.3) is 21.5 Å². The lowest BCUT2D eigenvalue weighted by Gasteiger charge is -2.13. The predicted molar refractivity (Wildman–Crippen MR) is 206 cm³/mol. The van der Waals surface area contributed by atoms with Gasteiger partial charge in [-0.15, -0.1) is 0 Å². The molecule has 0 spiro atoms. The molecule has 6 aromatic carbocycles. The Kier molecular flexibility index (Phi) is 10.2. The number of nitrogens with one attached hydrogen (secondary N) is 4. The summed E-state index contributed by atoms with van der Waals surface area (Å²) in [5.74, 6) is -3.86. The number of phenolic OH excluding ortho intramolecular Hbond substituents is 2. The Morgan fingerprint density at radius 1 is 0.482 bits per heavy atom. The Hall–Kier alpha value is -6.86. The molecule has 8 N–H and O–H groups in total. The number of aromatic hydroxyl groups is 2. The fourth-order valence-electron chi connectivity index (χ4n) is 5.75. The van der Waals surface area contributed by atoms with Crippen LogP contribution in [0, 0.1) is 13.8 Å². The van der Waals surface area contributed by atoms with Crippen molar-refractivity contribution in [2.75, 3.05) is 21.3 Å². The fourth-order valence-corrected chi connectivity index (χ4v) is 6.77. The predicted octanol–water partition coefficient (Wildman–Crippen LogP) is 5.60. The van der Waals surface area contributed by atoms with Crippen molar-refractivity contribution < 1.29 is 55.3 Å². The van der Waals surface area contributed by atoms with E-state index >= 15 is 0 Å². The molecule has 16 nitrogen and oxygen atoms in total. The van der Waals surface area contributed by atoms with Crippen LogP contribution in [0.1, 0.15) is 31.8 Å². The molecule has 0 bridgehead atoms. The maximum atomic E-state index is 13.0. The van der Waals surface area contributed by atoms with Crippen LogP contribution in [-0.2, 0) is 29.8 Å². The van der Waals surface area contributed by atoms with E-state index in [1.165, 1.54) is 72.8 Å². The minimum atomic E-state index is -4.50. The summed E-state index contributed by atoms with van der Waals surface area (Å²) in [6.45, 7) is 3.21. The molecule has 6 rings (SSSR count).